The number of hydrogen-bond donors (Lipinski definition) is 2. The molecule has 0 saturated heterocycles. The Morgan fingerprint density at radius 1 is 1.47 bits per heavy atom. The van der Waals surface area contributed by atoms with Crippen molar-refractivity contribution in [3.8, 4) is 0 Å². The molecule has 1 aromatic rings. The number of nitrogens with one attached hydrogen (secondary N) is 1. The molecule has 0 aromatic heterocycles. The maximum Gasteiger partial charge on any atom is 0.326 e. The van der Waals surface area contributed by atoms with Crippen molar-refractivity contribution in [2.24, 2.45) is 0 Å². The molecule has 0 spiro atoms. The van der Waals surface area contributed by atoms with Gasteiger partial charge in [-0.1, -0.05) is 31.0 Å². The molecule has 92 valence electrons. The van der Waals surface area contributed by atoms with Gasteiger partial charge in [0.05, 0.1) is 0 Å². The van der Waals surface area contributed by atoms with Crippen LogP contribution in [0.5, 0.6) is 0 Å². The largest absolute Gasteiger partial charge is 0.480 e. The molecule has 5 heteroatoms. The third kappa shape index (κ3) is 4.07. The first-order valence-electron chi connectivity index (χ1n) is 5.33. The highest BCUT2D eigenvalue weighted by Crippen LogP contribution is 2.11. The van der Waals surface area contributed by atoms with Gasteiger partial charge in [0, 0.05) is 10.6 Å². The van der Waals surface area contributed by atoms with Crippen molar-refractivity contribution in [3.63, 3.8) is 0 Å². The van der Waals surface area contributed by atoms with Crippen LogP contribution in [0.1, 0.15) is 30.1 Å². The van der Waals surface area contributed by atoms with Crippen LogP contribution >= 0.6 is 11.6 Å². The Morgan fingerprint density at radius 2 is 2.18 bits per heavy atom. The zero-order valence-electron chi connectivity index (χ0n) is 9.44. The van der Waals surface area contributed by atoms with Crippen LogP contribution in [0.3, 0.4) is 0 Å². The van der Waals surface area contributed by atoms with Crippen LogP contribution in [0.2, 0.25) is 5.02 Å². The summed E-state index contributed by atoms with van der Waals surface area (Å²) in [7, 11) is 0. The van der Waals surface area contributed by atoms with E-state index in [0.29, 0.717) is 23.4 Å². The summed E-state index contributed by atoms with van der Waals surface area (Å²) in [5.41, 5.74) is 0.361. The third-order valence-electron chi connectivity index (χ3n) is 2.27. The Hall–Kier alpha value is -1.55. The summed E-state index contributed by atoms with van der Waals surface area (Å²) in [5.74, 6) is -1.45. The highest BCUT2D eigenvalue weighted by molar-refractivity contribution is 6.30. The Kier molecular flexibility index (Phi) is 4.97. The molecule has 0 heterocycles. The lowest BCUT2D eigenvalue weighted by molar-refractivity contribution is -0.139. The van der Waals surface area contributed by atoms with E-state index < -0.39 is 17.9 Å². The summed E-state index contributed by atoms with van der Waals surface area (Å²) < 4.78 is 0. The number of carbonyl (C=O) groups is 2. The summed E-state index contributed by atoms with van der Waals surface area (Å²) in [6, 6.07) is 5.53. The molecule has 1 aromatic carbocycles. The van der Waals surface area contributed by atoms with Gasteiger partial charge in [-0.2, -0.15) is 0 Å². The van der Waals surface area contributed by atoms with Crippen molar-refractivity contribution in [2.75, 3.05) is 0 Å². The Bertz CT molecular complexity index is 420. The van der Waals surface area contributed by atoms with E-state index in [1.54, 1.807) is 18.2 Å². The fraction of sp³-hybridized carbons (Fsp3) is 0.333. The summed E-state index contributed by atoms with van der Waals surface area (Å²) >= 11 is 5.75. The van der Waals surface area contributed by atoms with Gasteiger partial charge in [0.25, 0.3) is 5.91 Å². The van der Waals surface area contributed by atoms with Crippen molar-refractivity contribution < 1.29 is 14.7 Å². The summed E-state index contributed by atoms with van der Waals surface area (Å²) in [6.45, 7) is 1.86. The number of hydrogen-bond acceptors (Lipinski definition) is 2. The van der Waals surface area contributed by atoms with E-state index in [0.717, 1.165) is 0 Å². The second-order valence-corrected chi connectivity index (χ2v) is 4.10. The highest BCUT2D eigenvalue weighted by Gasteiger charge is 2.19. The molecule has 2 N–H and O–H groups in total. The minimum atomic E-state index is -1.03. The molecule has 1 unspecified atom stereocenters. The van der Waals surface area contributed by atoms with E-state index in [1.165, 1.54) is 6.07 Å². The zero-order chi connectivity index (χ0) is 12.8. The van der Waals surface area contributed by atoms with Crippen LogP contribution in [0, 0.1) is 0 Å². The molecule has 17 heavy (non-hydrogen) atoms. The molecular formula is C12H14ClNO3. The third-order valence-corrected chi connectivity index (χ3v) is 2.50. The Balaban J connectivity index is 2.73. The molecule has 0 saturated carbocycles. The molecule has 4 nitrogen and oxygen atoms in total. The highest BCUT2D eigenvalue weighted by atomic mass is 35.5. The van der Waals surface area contributed by atoms with Crippen LogP contribution in [0.25, 0.3) is 0 Å². The smallest absolute Gasteiger partial charge is 0.326 e. The van der Waals surface area contributed by atoms with Crippen molar-refractivity contribution in [3.05, 3.63) is 34.9 Å². The van der Waals surface area contributed by atoms with Crippen LogP contribution in [0.4, 0.5) is 0 Å². The van der Waals surface area contributed by atoms with Gasteiger partial charge in [-0.3, -0.25) is 4.79 Å². The lowest BCUT2D eigenvalue weighted by atomic mass is 10.1. The zero-order valence-corrected chi connectivity index (χ0v) is 10.2. The number of carbonyl (C=O) groups excluding carboxylic acids is 1. The average molecular weight is 256 g/mol. The number of carboxylic acids is 1. The van der Waals surface area contributed by atoms with E-state index in [-0.39, 0.29) is 0 Å². The van der Waals surface area contributed by atoms with Crippen molar-refractivity contribution in [2.45, 2.75) is 25.8 Å². The molecule has 0 radical (unpaired) electrons. The van der Waals surface area contributed by atoms with E-state index in [4.69, 9.17) is 16.7 Å². The molecule has 1 amide bonds. The minimum Gasteiger partial charge on any atom is -0.480 e. The minimum absolute atomic E-state index is 0.361. The maximum atomic E-state index is 11.8. The number of amides is 1. The maximum absolute atomic E-state index is 11.8. The first-order chi connectivity index (χ1) is 8.04. The normalized spacial score (nSPS) is 11.9. The first kappa shape index (κ1) is 13.5. The fourth-order valence-electron chi connectivity index (χ4n) is 1.42. The molecule has 0 fully saturated rings. The standard InChI is InChI=1S/C12H14ClNO3/c1-2-4-10(12(16)17)14-11(15)8-5-3-6-9(13)7-8/h3,5-7,10H,2,4H2,1H3,(H,14,15)(H,16,17). The van der Waals surface area contributed by atoms with Gasteiger partial charge in [0.2, 0.25) is 0 Å². The van der Waals surface area contributed by atoms with E-state index >= 15 is 0 Å². The van der Waals surface area contributed by atoms with Crippen LogP contribution in [-0.2, 0) is 4.79 Å². The van der Waals surface area contributed by atoms with Gasteiger partial charge in [-0.05, 0) is 24.6 Å². The van der Waals surface area contributed by atoms with Gasteiger partial charge in [0.15, 0.2) is 0 Å². The Labute approximate surface area is 105 Å². The lowest BCUT2D eigenvalue weighted by Gasteiger charge is -2.13. The van der Waals surface area contributed by atoms with Gasteiger partial charge in [-0.25, -0.2) is 4.79 Å². The number of aliphatic carboxylic acids is 1. The predicted molar refractivity (Wildman–Crippen MR) is 65.3 cm³/mol. The van der Waals surface area contributed by atoms with E-state index in [1.807, 2.05) is 6.92 Å². The van der Waals surface area contributed by atoms with Crippen LogP contribution < -0.4 is 5.32 Å². The Morgan fingerprint density at radius 3 is 2.71 bits per heavy atom. The number of halogens is 1. The van der Waals surface area contributed by atoms with Crippen LogP contribution in [0.15, 0.2) is 24.3 Å². The molecule has 0 bridgehead atoms. The lowest BCUT2D eigenvalue weighted by Crippen LogP contribution is -2.40. The van der Waals surface area contributed by atoms with E-state index in [2.05, 4.69) is 5.32 Å². The van der Waals surface area contributed by atoms with Crippen molar-refractivity contribution in [1.82, 2.24) is 5.32 Å². The fourth-order valence-corrected chi connectivity index (χ4v) is 1.61. The molecule has 1 rings (SSSR count). The molecule has 0 aliphatic rings. The molecular weight excluding hydrogens is 242 g/mol. The summed E-state index contributed by atoms with van der Waals surface area (Å²) in [5, 5.41) is 11.8. The molecule has 0 aliphatic heterocycles. The van der Waals surface area contributed by atoms with Gasteiger partial charge >= 0.3 is 5.97 Å². The number of carboxylic acid groups (broad SMARTS) is 1. The summed E-state index contributed by atoms with van der Waals surface area (Å²) in [4.78, 5) is 22.6. The quantitative estimate of drug-likeness (QED) is 0.849. The van der Waals surface area contributed by atoms with Crippen LogP contribution in [-0.4, -0.2) is 23.0 Å². The molecule has 1 atom stereocenters. The van der Waals surface area contributed by atoms with Gasteiger partial charge in [0.1, 0.15) is 6.04 Å². The number of benzene rings is 1. The number of rotatable bonds is 5. The topological polar surface area (TPSA) is 66.4 Å². The summed E-state index contributed by atoms with van der Waals surface area (Å²) in [6.07, 6.45) is 1.09. The molecule has 0 aliphatic carbocycles. The second-order valence-electron chi connectivity index (χ2n) is 3.66. The van der Waals surface area contributed by atoms with Gasteiger partial charge < -0.3 is 10.4 Å². The average Bonchev–Trinajstić information content (AvgIpc) is 2.28. The first-order valence-corrected chi connectivity index (χ1v) is 5.71. The van der Waals surface area contributed by atoms with Crippen molar-refractivity contribution in [1.29, 1.82) is 0 Å². The SMILES string of the molecule is CCCC(NC(=O)c1cccc(Cl)c1)C(=O)O. The monoisotopic (exact) mass is 255 g/mol. The predicted octanol–water partition coefficient (Wildman–Crippen LogP) is 2.32. The second kappa shape index (κ2) is 6.25. The van der Waals surface area contributed by atoms with E-state index in [9.17, 15) is 9.59 Å². The van der Waals surface area contributed by atoms with Crippen molar-refractivity contribution >= 4 is 23.5 Å². The van der Waals surface area contributed by atoms with Gasteiger partial charge in [-0.15, -0.1) is 0 Å².